The number of pyridine rings is 1. The number of carbonyl (C=O) groups is 1. The van der Waals surface area contributed by atoms with Crippen LogP contribution in [-0.4, -0.2) is 36.6 Å². The second-order valence-corrected chi connectivity index (χ2v) is 8.70. The van der Waals surface area contributed by atoms with Gasteiger partial charge >= 0.3 is 0 Å². The van der Waals surface area contributed by atoms with Crippen LogP contribution in [0.3, 0.4) is 0 Å². The highest BCUT2D eigenvalue weighted by Crippen LogP contribution is 2.29. The van der Waals surface area contributed by atoms with E-state index in [2.05, 4.69) is 51.6 Å². The van der Waals surface area contributed by atoms with Crippen molar-refractivity contribution in [2.24, 2.45) is 0 Å². The third-order valence-corrected chi connectivity index (χ3v) is 5.96. The Morgan fingerprint density at radius 2 is 1.88 bits per heavy atom. The molecule has 0 spiro atoms. The monoisotopic (exact) mass is 448 g/mol. The van der Waals surface area contributed by atoms with Gasteiger partial charge in [0.05, 0.1) is 17.1 Å². The fourth-order valence-corrected chi connectivity index (χ4v) is 3.82. The van der Waals surface area contributed by atoms with Gasteiger partial charge in [-0.2, -0.15) is 0 Å². The Labute approximate surface area is 190 Å². The summed E-state index contributed by atoms with van der Waals surface area (Å²) in [5, 5.41) is 16.1. The molecule has 1 N–H and O–H groups in total. The smallest absolute Gasteiger partial charge is 0.237 e. The lowest BCUT2D eigenvalue weighted by Crippen LogP contribution is -2.14. The lowest BCUT2D eigenvalue weighted by atomic mass is 10.1. The van der Waals surface area contributed by atoms with E-state index in [0.29, 0.717) is 16.9 Å². The maximum absolute atomic E-state index is 12.5. The van der Waals surface area contributed by atoms with Crippen molar-refractivity contribution < 1.29 is 9.32 Å². The van der Waals surface area contributed by atoms with Crippen LogP contribution in [0.2, 0.25) is 0 Å². The molecular weight excluding hydrogens is 424 g/mol. The third kappa shape index (κ3) is 4.72. The summed E-state index contributed by atoms with van der Waals surface area (Å²) in [7, 11) is 0. The molecule has 0 atom stereocenters. The Morgan fingerprint density at radius 3 is 2.56 bits per heavy atom. The normalized spacial score (nSPS) is 11.2. The topological polar surface area (TPSA) is 98.7 Å². The van der Waals surface area contributed by atoms with E-state index in [9.17, 15) is 4.79 Å². The number of aryl methyl sites for hydroxylation is 2. The lowest BCUT2D eigenvalue weighted by molar-refractivity contribution is -0.113. The minimum atomic E-state index is -0.207. The summed E-state index contributed by atoms with van der Waals surface area (Å²) in [5.41, 5.74) is 4.99. The molecule has 3 heterocycles. The van der Waals surface area contributed by atoms with Crippen molar-refractivity contribution in [1.82, 2.24) is 24.9 Å². The average Bonchev–Trinajstić information content (AvgIpc) is 3.42. The number of anilines is 1. The van der Waals surface area contributed by atoms with Crippen LogP contribution in [0.15, 0.2) is 58.5 Å². The highest BCUT2D eigenvalue weighted by atomic mass is 32.2. The van der Waals surface area contributed by atoms with Crippen molar-refractivity contribution in [3.8, 4) is 17.1 Å². The Balaban J connectivity index is 1.58. The number of aromatic nitrogens is 5. The van der Waals surface area contributed by atoms with Gasteiger partial charge in [-0.05, 0) is 55.2 Å². The SMILES string of the molecule is Cc1ccc(-n2c(SCC(=O)Nc3cc(C(C)C)no3)nnc2-c2ccncc2)cc1C. The fourth-order valence-electron chi connectivity index (χ4n) is 3.07. The van der Waals surface area contributed by atoms with E-state index in [1.54, 1.807) is 18.5 Å². The summed E-state index contributed by atoms with van der Waals surface area (Å²) in [6, 6.07) is 11.7. The first kappa shape index (κ1) is 21.8. The molecule has 3 aromatic heterocycles. The second kappa shape index (κ2) is 9.35. The Hall–Kier alpha value is -3.46. The molecule has 0 unspecified atom stereocenters. The maximum atomic E-state index is 12.5. The molecule has 4 aromatic rings. The molecule has 0 fully saturated rings. The zero-order valence-electron chi connectivity index (χ0n) is 18.4. The van der Waals surface area contributed by atoms with Crippen LogP contribution in [0.25, 0.3) is 17.1 Å². The van der Waals surface area contributed by atoms with E-state index >= 15 is 0 Å². The van der Waals surface area contributed by atoms with Crippen LogP contribution in [0.4, 0.5) is 5.88 Å². The van der Waals surface area contributed by atoms with Gasteiger partial charge in [0.25, 0.3) is 0 Å². The summed E-state index contributed by atoms with van der Waals surface area (Å²) in [6.07, 6.45) is 3.44. The van der Waals surface area contributed by atoms with Crippen molar-refractivity contribution >= 4 is 23.6 Å². The fraction of sp³-hybridized carbons (Fsp3) is 0.261. The molecule has 0 bridgehead atoms. The highest BCUT2D eigenvalue weighted by Gasteiger charge is 2.18. The molecule has 164 valence electrons. The van der Waals surface area contributed by atoms with Gasteiger partial charge in [0.15, 0.2) is 11.0 Å². The molecule has 1 amide bonds. The Morgan fingerprint density at radius 1 is 1.09 bits per heavy atom. The maximum Gasteiger partial charge on any atom is 0.237 e. The molecule has 0 radical (unpaired) electrons. The van der Waals surface area contributed by atoms with Gasteiger partial charge in [-0.25, -0.2) is 0 Å². The summed E-state index contributed by atoms with van der Waals surface area (Å²) in [6.45, 7) is 8.17. The summed E-state index contributed by atoms with van der Waals surface area (Å²) < 4.78 is 7.16. The molecule has 32 heavy (non-hydrogen) atoms. The largest absolute Gasteiger partial charge is 0.338 e. The first-order valence-corrected chi connectivity index (χ1v) is 11.2. The average molecular weight is 449 g/mol. The first-order chi connectivity index (χ1) is 15.4. The van der Waals surface area contributed by atoms with Gasteiger partial charge in [-0.1, -0.05) is 36.8 Å². The number of carbonyl (C=O) groups excluding carboxylic acids is 1. The van der Waals surface area contributed by atoms with Gasteiger partial charge in [0.2, 0.25) is 11.8 Å². The summed E-state index contributed by atoms with van der Waals surface area (Å²) in [5.74, 6) is 1.20. The van der Waals surface area contributed by atoms with Crippen LogP contribution in [0.1, 0.15) is 36.6 Å². The predicted molar refractivity (Wildman–Crippen MR) is 124 cm³/mol. The Bertz CT molecular complexity index is 1230. The molecule has 9 heteroatoms. The standard InChI is InChI=1S/C23H24N6O2S/c1-14(2)19-12-21(31-28-19)25-20(30)13-32-23-27-26-22(17-7-9-24-10-8-17)29(23)18-6-5-15(3)16(4)11-18/h5-12,14H,13H2,1-4H3,(H,25,30). The molecule has 8 nitrogen and oxygen atoms in total. The zero-order chi connectivity index (χ0) is 22.7. The van der Waals surface area contributed by atoms with Gasteiger partial charge < -0.3 is 4.52 Å². The van der Waals surface area contributed by atoms with E-state index in [1.807, 2.05) is 36.6 Å². The van der Waals surface area contributed by atoms with E-state index in [-0.39, 0.29) is 17.6 Å². The van der Waals surface area contributed by atoms with Crippen LogP contribution in [0.5, 0.6) is 0 Å². The molecule has 1 aromatic carbocycles. The van der Waals surface area contributed by atoms with Gasteiger partial charge in [0, 0.05) is 24.0 Å². The molecule has 4 rings (SSSR count). The van der Waals surface area contributed by atoms with Crippen molar-refractivity contribution in [3.63, 3.8) is 0 Å². The summed E-state index contributed by atoms with van der Waals surface area (Å²) in [4.78, 5) is 16.6. The summed E-state index contributed by atoms with van der Waals surface area (Å²) >= 11 is 1.31. The van der Waals surface area contributed by atoms with E-state index in [0.717, 1.165) is 22.5 Å². The quantitative estimate of drug-likeness (QED) is 0.406. The molecule has 0 aliphatic rings. The van der Waals surface area contributed by atoms with Crippen LogP contribution >= 0.6 is 11.8 Å². The van der Waals surface area contributed by atoms with Crippen molar-refractivity contribution in [2.75, 3.05) is 11.1 Å². The van der Waals surface area contributed by atoms with Crippen molar-refractivity contribution in [1.29, 1.82) is 0 Å². The van der Waals surface area contributed by atoms with Crippen LogP contribution in [-0.2, 0) is 4.79 Å². The van der Waals surface area contributed by atoms with E-state index in [1.165, 1.54) is 17.3 Å². The number of nitrogens with one attached hydrogen (secondary N) is 1. The molecule has 0 aliphatic heterocycles. The molecular formula is C23H24N6O2S. The second-order valence-electron chi connectivity index (χ2n) is 7.75. The van der Waals surface area contributed by atoms with Crippen molar-refractivity contribution in [2.45, 2.75) is 38.8 Å². The van der Waals surface area contributed by atoms with Gasteiger partial charge in [-0.15, -0.1) is 10.2 Å². The van der Waals surface area contributed by atoms with Crippen molar-refractivity contribution in [3.05, 3.63) is 65.6 Å². The molecule has 0 saturated carbocycles. The number of benzene rings is 1. The number of hydrogen-bond donors (Lipinski definition) is 1. The van der Waals surface area contributed by atoms with E-state index in [4.69, 9.17) is 4.52 Å². The highest BCUT2D eigenvalue weighted by molar-refractivity contribution is 7.99. The number of amides is 1. The van der Waals surface area contributed by atoms with Gasteiger partial charge in [0.1, 0.15) is 0 Å². The van der Waals surface area contributed by atoms with Crippen LogP contribution < -0.4 is 5.32 Å². The third-order valence-electron chi connectivity index (χ3n) is 5.04. The number of thioether (sulfide) groups is 1. The molecule has 0 saturated heterocycles. The number of nitrogens with zero attached hydrogens (tertiary/aromatic N) is 5. The lowest BCUT2D eigenvalue weighted by Gasteiger charge is -2.12. The van der Waals surface area contributed by atoms with E-state index < -0.39 is 0 Å². The van der Waals surface area contributed by atoms with Crippen LogP contribution in [0, 0.1) is 13.8 Å². The number of hydrogen-bond acceptors (Lipinski definition) is 7. The molecule has 0 aliphatic carbocycles. The van der Waals surface area contributed by atoms with Gasteiger partial charge in [-0.3, -0.25) is 19.7 Å². The zero-order valence-corrected chi connectivity index (χ0v) is 19.2. The predicted octanol–water partition coefficient (Wildman–Crippen LogP) is 4.79. The number of rotatable bonds is 7. The minimum Gasteiger partial charge on any atom is -0.338 e. The minimum absolute atomic E-state index is 0.150. The first-order valence-electron chi connectivity index (χ1n) is 10.2. The Kier molecular flexibility index (Phi) is 6.36.